The molecule has 2 aromatic rings. The summed E-state index contributed by atoms with van der Waals surface area (Å²) in [5.41, 5.74) is 3.27. The fraction of sp³-hybridized carbons (Fsp3) is 0.125. The van der Waals surface area contributed by atoms with Gasteiger partial charge in [0.25, 0.3) is 5.91 Å². The minimum absolute atomic E-state index is 0.0828. The molecule has 0 atom stereocenters. The average molecular weight is 410 g/mol. The molecule has 114 valence electrons. The van der Waals surface area contributed by atoms with Crippen molar-refractivity contribution in [3.05, 3.63) is 57.7 Å². The maximum Gasteiger partial charge on any atom is 0.277 e. The number of methoxy groups -OCH3 is 1. The number of nitrogens with zero attached hydrogens (tertiary/aromatic N) is 1. The van der Waals surface area contributed by atoms with E-state index in [1.807, 2.05) is 48.5 Å². The Morgan fingerprint density at radius 1 is 1.14 bits per heavy atom. The number of carbonyl (C=O) groups excluding carboxylic acids is 1. The summed E-state index contributed by atoms with van der Waals surface area (Å²) in [6.07, 6.45) is 1.56. The second kappa shape index (κ2) is 8.38. The maximum absolute atomic E-state index is 11.6. The first-order valence-electron chi connectivity index (χ1n) is 6.52. The van der Waals surface area contributed by atoms with Crippen molar-refractivity contribution in [3.8, 4) is 11.5 Å². The monoisotopic (exact) mass is 410 g/mol. The van der Waals surface area contributed by atoms with Gasteiger partial charge in [-0.3, -0.25) is 4.79 Å². The van der Waals surface area contributed by atoms with Gasteiger partial charge in [0.1, 0.15) is 11.5 Å². The molecule has 1 N–H and O–H groups in total. The Kier molecular flexibility index (Phi) is 6.20. The quantitative estimate of drug-likeness (QED) is 0.453. The van der Waals surface area contributed by atoms with Crippen molar-refractivity contribution in [1.29, 1.82) is 0 Å². The zero-order valence-electron chi connectivity index (χ0n) is 12.0. The molecule has 0 unspecified atom stereocenters. The normalized spacial score (nSPS) is 10.5. The zero-order chi connectivity index (χ0) is 15.8. The minimum atomic E-state index is -0.316. The summed E-state index contributed by atoms with van der Waals surface area (Å²) >= 11 is 2.20. The van der Waals surface area contributed by atoms with E-state index in [0.29, 0.717) is 5.75 Å². The summed E-state index contributed by atoms with van der Waals surface area (Å²) in [5.74, 6) is 1.10. The van der Waals surface area contributed by atoms with Crippen LogP contribution in [0, 0.1) is 3.57 Å². The summed E-state index contributed by atoms with van der Waals surface area (Å²) in [7, 11) is 1.61. The van der Waals surface area contributed by atoms with Crippen molar-refractivity contribution < 1.29 is 14.3 Å². The SMILES string of the molecule is COc1ccc(C=NNC(=O)COc2ccc(I)cc2)cc1. The molecule has 2 aromatic carbocycles. The van der Waals surface area contributed by atoms with E-state index in [1.54, 1.807) is 13.3 Å². The fourth-order valence-electron chi connectivity index (χ4n) is 1.58. The van der Waals surface area contributed by atoms with Crippen molar-refractivity contribution in [2.75, 3.05) is 13.7 Å². The van der Waals surface area contributed by atoms with Crippen molar-refractivity contribution in [1.82, 2.24) is 5.43 Å². The molecule has 0 heterocycles. The number of hydrogen-bond acceptors (Lipinski definition) is 4. The first kappa shape index (κ1) is 16.3. The summed E-state index contributed by atoms with van der Waals surface area (Å²) < 4.78 is 11.5. The van der Waals surface area contributed by atoms with E-state index in [1.165, 1.54) is 0 Å². The third-order valence-corrected chi connectivity index (χ3v) is 3.42. The van der Waals surface area contributed by atoms with E-state index in [0.717, 1.165) is 14.9 Å². The van der Waals surface area contributed by atoms with Crippen LogP contribution in [0.3, 0.4) is 0 Å². The standard InChI is InChI=1S/C16H15IN2O3/c1-21-14-6-2-12(3-7-14)10-18-19-16(20)11-22-15-8-4-13(17)5-9-15/h2-10H,11H2,1H3,(H,19,20). The maximum atomic E-state index is 11.6. The van der Waals surface area contributed by atoms with Crippen LogP contribution in [0.25, 0.3) is 0 Å². The van der Waals surface area contributed by atoms with Gasteiger partial charge in [0.2, 0.25) is 0 Å². The third-order valence-electron chi connectivity index (χ3n) is 2.70. The number of hydrazone groups is 1. The van der Waals surface area contributed by atoms with E-state index < -0.39 is 0 Å². The van der Waals surface area contributed by atoms with Crippen LogP contribution in [0.4, 0.5) is 0 Å². The van der Waals surface area contributed by atoms with Crippen LogP contribution >= 0.6 is 22.6 Å². The summed E-state index contributed by atoms with van der Waals surface area (Å²) in [6, 6.07) is 14.8. The number of halogens is 1. The Hall–Kier alpha value is -2.09. The van der Waals surface area contributed by atoms with Crippen LogP contribution in [-0.4, -0.2) is 25.8 Å². The molecule has 0 radical (unpaired) electrons. The highest BCUT2D eigenvalue weighted by Crippen LogP contribution is 2.13. The molecule has 22 heavy (non-hydrogen) atoms. The van der Waals surface area contributed by atoms with Gasteiger partial charge in [-0.05, 0) is 76.7 Å². The number of ether oxygens (including phenoxy) is 2. The van der Waals surface area contributed by atoms with Crippen LogP contribution in [0.15, 0.2) is 53.6 Å². The highest BCUT2D eigenvalue weighted by Gasteiger charge is 2.01. The number of carbonyl (C=O) groups is 1. The first-order chi connectivity index (χ1) is 10.7. The third kappa shape index (κ3) is 5.36. The lowest BCUT2D eigenvalue weighted by Gasteiger charge is -2.04. The van der Waals surface area contributed by atoms with Crippen LogP contribution in [-0.2, 0) is 4.79 Å². The van der Waals surface area contributed by atoms with E-state index in [4.69, 9.17) is 9.47 Å². The molecule has 2 rings (SSSR count). The molecule has 0 spiro atoms. The van der Waals surface area contributed by atoms with Gasteiger partial charge < -0.3 is 9.47 Å². The molecule has 0 aliphatic rings. The van der Waals surface area contributed by atoms with Gasteiger partial charge in [0.15, 0.2) is 6.61 Å². The molecule has 0 aromatic heterocycles. The van der Waals surface area contributed by atoms with Gasteiger partial charge in [-0.15, -0.1) is 0 Å². The van der Waals surface area contributed by atoms with Crippen LogP contribution in [0.2, 0.25) is 0 Å². The summed E-state index contributed by atoms with van der Waals surface area (Å²) in [6.45, 7) is -0.0828. The van der Waals surface area contributed by atoms with Crippen LogP contribution < -0.4 is 14.9 Å². The van der Waals surface area contributed by atoms with Gasteiger partial charge in [-0.25, -0.2) is 5.43 Å². The lowest BCUT2D eigenvalue weighted by molar-refractivity contribution is -0.123. The van der Waals surface area contributed by atoms with Gasteiger partial charge >= 0.3 is 0 Å². The topological polar surface area (TPSA) is 59.9 Å². The van der Waals surface area contributed by atoms with Gasteiger partial charge in [-0.2, -0.15) is 5.10 Å². The van der Waals surface area contributed by atoms with Crippen molar-refractivity contribution in [3.63, 3.8) is 0 Å². The van der Waals surface area contributed by atoms with Crippen molar-refractivity contribution in [2.24, 2.45) is 5.10 Å². The molecular weight excluding hydrogens is 395 g/mol. The Balaban J connectivity index is 1.76. The molecule has 0 bridgehead atoms. The number of benzene rings is 2. The van der Waals surface area contributed by atoms with Crippen LogP contribution in [0.5, 0.6) is 11.5 Å². The molecular formula is C16H15IN2O3. The van der Waals surface area contributed by atoms with Crippen molar-refractivity contribution in [2.45, 2.75) is 0 Å². The molecule has 6 heteroatoms. The largest absolute Gasteiger partial charge is 0.497 e. The van der Waals surface area contributed by atoms with Crippen LogP contribution in [0.1, 0.15) is 5.56 Å². The lowest BCUT2D eigenvalue weighted by Crippen LogP contribution is -2.24. The molecule has 0 saturated heterocycles. The van der Waals surface area contributed by atoms with Crippen molar-refractivity contribution >= 4 is 34.7 Å². The lowest BCUT2D eigenvalue weighted by atomic mass is 10.2. The van der Waals surface area contributed by atoms with E-state index >= 15 is 0 Å². The molecule has 0 aliphatic heterocycles. The summed E-state index contributed by atoms with van der Waals surface area (Å²) in [5, 5.41) is 3.88. The predicted molar refractivity (Wildman–Crippen MR) is 93.4 cm³/mol. The van der Waals surface area contributed by atoms with E-state index in [9.17, 15) is 4.79 Å². The molecule has 0 saturated carbocycles. The Labute approximate surface area is 142 Å². The highest BCUT2D eigenvalue weighted by atomic mass is 127. The molecule has 5 nitrogen and oxygen atoms in total. The average Bonchev–Trinajstić information content (AvgIpc) is 2.55. The Morgan fingerprint density at radius 2 is 1.77 bits per heavy atom. The van der Waals surface area contributed by atoms with Gasteiger partial charge in [0.05, 0.1) is 13.3 Å². The number of amides is 1. The Morgan fingerprint density at radius 3 is 2.41 bits per heavy atom. The first-order valence-corrected chi connectivity index (χ1v) is 7.59. The second-order valence-corrected chi connectivity index (χ2v) is 5.55. The number of rotatable bonds is 6. The minimum Gasteiger partial charge on any atom is -0.497 e. The Bertz CT molecular complexity index is 639. The predicted octanol–water partition coefficient (Wildman–Crippen LogP) is 2.83. The number of nitrogens with one attached hydrogen (secondary N) is 1. The zero-order valence-corrected chi connectivity index (χ0v) is 14.1. The van der Waals surface area contributed by atoms with E-state index in [-0.39, 0.29) is 12.5 Å². The van der Waals surface area contributed by atoms with E-state index in [2.05, 4.69) is 33.1 Å². The fourth-order valence-corrected chi connectivity index (χ4v) is 1.94. The van der Waals surface area contributed by atoms with Gasteiger partial charge in [0, 0.05) is 3.57 Å². The molecule has 0 aliphatic carbocycles. The highest BCUT2D eigenvalue weighted by molar-refractivity contribution is 14.1. The smallest absolute Gasteiger partial charge is 0.277 e. The second-order valence-electron chi connectivity index (χ2n) is 4.31. The molecule has 1 amide bonds. The number of hydrogen-bond donors (Lipinski definition) is 1. The van der Waals surface area contributed by atoms with Gasteiger partial charge in [-0.1, -0.05) is 0 Å². The molecule has 0 fully saturated rings. The summed E-state index contributed by atoms with van der Waals surface area (Å²) in [4.78, 5) is 11.6.